The molecule has 3 nitrogen and oxygen atoms in total. The van der Waals surface area contributed by atoms with Gasteiger partial charge in [-0.2, -0.15) is 0 Å². The molecule has 3 heteroatoms. The minimum Gasteiger partial charge on any atom is -0.466 e. The van der Waals surface area contributed by atoms with E-state index in [-0.39, 0.29) is 5.97 Å². The maximum atomic E-state index is 11.5. The number of hydrogen-bond acceptors (Lipinski definition) is 2. The van der Waals surface area contributed by atoms with Crippen molar-refractivity contribution >= 4 is 16.9 Å². The Morgan fingerprint density at radius 1 is 1.33 bits per heavy atom. The summed E-state index contributed by atoms with van der Waals surface area (Å²) in [6, 6.07) is 10.4. The molecular formula is C15H19NO2. The quantitative estimate of drug-likeness (QED) is 0.757. The van der Waals surface area contributed by atoms with Crippen molar-refractivity contribution in [3.05, 3.63) is 36.0 Å². The van der Waals surface area contributed by atoms with Gasteiger partial charge in [0.15, 0.2) is 0 Å². The fourth-order valence-corrected chi connectivity index (χ4v) is 2.14. The van der Waals surface area contributed by atoms with Gasteiger partial charge in [-0.05, 0) is 30.9 Å². The van der Waals surface area contributed by atoms with Gasteiger partial charge in [0.05, 0.1) is 13.0 Å². The van der Waals surface area contributed by atoms with Crippen molar-refractivity contribution < 1.29 is 9.53 Å². The Balaban J connectivity index is 2.07. The number of benzene rings is 1. The molecule has 0 aliphatic rings. The SMILES string of the molecule is CCCOC(=O)CCn1c(C)cc2ccccc21. The number of carbonyl (C=O) groups is 1. The highest BCUT2D eigenvalue weighted by Crippen LogP contribution is 2.19. The summed E-state index contributed by atoms with van der Waals surface area (Å²) in [5.41, 5.74) is 2.36. The summed E-state index contributed by atoms with van der Waals surface area (Å²) in [6.07, 6.45) is 1.30. The number of esters is 1. The lowest BCUT2D eigenvalue weighted by Crippen LogP contribution is -2.10. The number of aryl methyl sites for hydroxylation is 2. The number of hydrogen-bond donors (Lipinski definition) is 0. The molecule has 0 N–H and O–H groups in total. The molecule has 0 fully saturated rings. The summed E-state index contributed by atoms with van der Waals surface area (Å²) in [5, 5.41) is 1.22. The van der Waals surface area contributed by atoms with Crippen LogP contribution in [0.1, 0.15) is 25.5 Å². The Morgan fingerprint density at radius 3 is 2.89 bits per heavy atom. The lowest BCUT2D eigenvalue weighted by atomic mass is 10.2. The summed E-state index contributed by atoms with van der Waals surface area (Å²) in [7, 11) is 0. The van der Waals surface area contributed by atoms with Gasteiger partial charge in [0.2, 0.25) is 0 Å². The zero-order chi connectivity index (χ0) is 13.0. The van der Waals surface area contributed by atoms with Gasteiger partial charge in [-0.3, -0.25) is 4.79 Å². The van der Waals surface area contributed by atoms with Crippen molar-refractivity contribution in [1.82, 2.24) is 4.57 Å². The Labute approximate surface area is 107 Å². The lowest BCUT2D eigenvalue weighted by molar-refractivity contribution is -0.143. The Hall–Kier alpha value is -1.77. The molecule has 0 bridgehead atoms. The molecule has 18 heavy (non-hydrogen) atoms. The predicted octanol–water partition coefficient (Wildman–Crippen LogP) is 3.29. The van der Waals surface area contributed by atoms with Crippen LogP contribution in [0.25, 0.3) is 10.9 Å². The van der Waals surface area contributed by atoms with Gasteiger partial charge in [0.1, 0.15) is 0 Å². The summed E-state index contributed by atoms with van der Waals surface area (Å²) in [5.74, 6) is -0.117. The first-order valence-electron chi connectivity index (χ1n) is 6.43. The molecule has 0 saturated carbocycles. The van der Waals surface area contributed by atoms with Crippen LogP contribution in [0.2, 0.25) is 0 Å². The van der Waals surface area contributed by atoms with Crippen LogP contribution in [0, 0.1) is 6.92 Å². The van der Waals surface area contributed by atoms with E-state index in [2.05, 4.69) is 29.7 Å². The zero-order valence-corrected chi connectivity index (χ0v) is 11.0. The van der Waals surface area contributed by atoms with Crippen LogP contribution in [-0.4, -0.2) is 17.1 Å². The maximum Gasteiger partial charge on any atom is 0.307 e. The van der Waals surface area contributed by atoms with Crippen molar-refractivity contribution in [2.75, 3.05) is 6.61 Å². The van der Waals surface area contributed by atoms with Gasteiger partial charge in [-0.1, -0.05) is 25.1 Å². The van der Waals surface area contributed by atoms with Gasteiger partial charge in [-0.15, -0.1) is 0 Å². The molecule has 0 aliphatic heterocycles. The first-order chi connectivity index (χ1) is 8.72. The molecule has 1 aromatic heterocycles. The molecule has 0 atom stereocenters. The van der Waals surface area contributed by atoms with Gasteiger partial charge >= 0.3 is 5.97 Å². The third-order valence-electron chi connectivity index (χ3n) is 3.02. The standard InChI is InChI=1S/C15H19NO2/c1-3-10-18-15(17)8-9-16-12(2)11-13-6-4-5-7-14(13)16/h4-7,11H,3,8-10H2,1-2H3. The molecule has 1 aromatic carbocycles. The second-order valence-corrected chi connectivity index (χ2v) is 4.47. The van der Waals surface area contributed by atoms with Gasteiger partial charge in [0, 0.05) is 17.8 Å². The van der Waals surface area contributed by atoms with E-state index in [1.54, 1.807) is 0 Å². The minimum absolute atomic E-state index is 0.117. The first-order valence-corrected chi connectivity index (χ1v) is 6.43. The second-order valence-electron chi connectivity index (χ2n) is 4.47. The molecule has 0 aliphatic carbocycles. The summed E-state index contributed by atoms with van der Waals surface area (Å²) >= 11 is 0. The third-order valence-corrected chi connectivity index (χ3v) is 3.02. The van der Waals surface area contributed by atoms with Crippen LogP contribution in [0.5, 0.6) is 0 Å². The van der Waals surface area contributed by atoms with Crippen LogP contribution in [0.15, 0.2) is 30.3 Å². The molecule has 2 rings (SSSR count). The van der Waals surface area contributed by atoms with E-state index in [9.17, 15) is 4.79 Å². The van der Waals surface area contributed by atoms with Crippen molar-refractivity contribution in [3.63, 3.8) is 0 Å². The summed E-state index contributed by atoms with van der Waals surface area (Å²) in [6.45, 7) is 5.26. The molecule has 0 spiro atoms. The summed E-state index contributed by atoms with van der Waals surface area (Å²) < 4.78 is 7.26. The molecule has 0 amide bonds. The average molecular weight is 245 g/mol. The minimum atomic E-state index is -0.117. The Kier molecular flexibility index (Phi) is 4.03. The van der Waals surface area contributed by atoms with E-state index in [1.165, 1.54) is 16.6 Å². The largest absolute Gasteiger partial charge is 0.466 e. The summed E-state index contributed by atoms with van der Waals surface area (Å²) in [4.78, 5) is 11.5. The van der Waals surface area contributed by atoms with Crippen LogP contribution in [0.3, 0.4) is 0 Å². The maximum absolute atomic E-state index is 11.5. The van der Waals surface area contributed by atoms with Crippen LogP contribution in [-0.2, 0) is 16.1 Å². The number of para-hydroxylation sites is 1. The molecule has 0 radical (unpaired) electrons. The highest BCUT2D eigenvalue weighted by atomic mass is 16.5. The van der Waals surface area contributed by atoms with E-state index in [4.69, 9.17) is 4.74 Å². The van der Waals surface area contributed by atoms with E-state index >= 15 is 0 Å². The first kappa shape index (κ1) is 12.7. The fourth-order valence-electron chi connectivity index (χ4n) is 2.14. The number of ether oxygens (including phenoxy) is 1. The van der Waals surface area contributed by atoms with E-state index in [1.807, 2.05) is 19.1 Å². The van der Waals surface area contributed by atoms with Crippen molar-refractivity contribution in [2.45, 2.75) is 33.2 Å². The topological polar surface area (TPSA) is 31.2 Å². The van der Waals surface area contributed by atoms with Crippen molar-refractivity contribution in [1.29, 1.82) is 0 Å². The number of rotatable bonds is 5. The third kappa shape index (κ3) is 2.73. The molecule has 0 saturated heterocycles. The molecule has 2 aromatic rings. The molecule has 1 heterocycles. The van der Waals surface area contributed by atoms with Crippen LogP contribution in [0.4, 0.5) is 0 Å². The van der Waals surface area contributed by atoms with Crippen molar-refractivity contribution in [3.8, 4) is 0 Å². The zero-order valence-electron chi connectivity index (χ0n) is 11.0. The number of carbonyl (C=O) groups excluding carboxylic acids is 1. The number of fused-ring (bicyclic) bond motifs is 1. The highest BCUT2D eigenvalue weighted by Gasteiger charge is 2.07. The van der Waals surface area contributed by atoms with Crippen LogP contribution < -0.4 is 0 Å². The monoisotopic (exact) mass is 245 g/mol. The number of nitrogens with zero attached hydrogens (tertiary/aromatic N) is 1. The average Bonchev–Trinajstić information content (AvgIpc) is 2.69. The van der Waals surface area contributed by atoms with E-state index in [0.29, 0.717) is 19.6 Å². The van der Waals surface area contributed by atoms with Gasteiger partial charge in [-0.25, -0.2) is 0 Å². The normalized spacial score (nSPS) is 10.8. The van der Waals surface area contributed by atoms with Gasteiger partial charge < -0.3 is 9.30 Å². The van der Waals surface area contributed by atoms with Crippen LogP contribution >= 0.6 is 0 Å². The molecular weight excluding hydrogens is 226 g/mol. The van der Waals surface area contributed by atoms with E-state index in [0.717, 1.165) is 6.42 Å². The number of aromatic nitrogens is 1. The molecule has 0 unspecified atom stereocenters. The highest BCUT2D eigenvalue weighted by molar-refractivity contribution is 5.81. The Bertz CT molecular complexity index is 542. The molecule has 96 valence electrons. The Morgan fingerprint density at radius 2 is 2.11 bits per heavy atom. The lowest BCUT2D eigenvalue weighted by Gasteiger charge is -2.08. The van der Waals surface area contributed by atoms with E-state index < -0.39 is 0 Å². The smallest absolute Gasteiger partial charge is 0.307 e. The predicted molar refractivity (Wildman–Crippen MR) is 72.5 cm³/mol. The van der Waals surface area contributed by atoms with Gasteiger partial charge in [0.25, 0.3) is 0 Å². The fraction of sp³-hybridized carbons (Fsp3) is 0.400. The van der Waals surface area contributed by atoms with Crippen molar-refractivity contribution in [2.24, 2.45) is 0 Å². The second kappa shape index (κ2) is 5.71.